The molecule has 1 amide bonds. The van der Waals surface area contributed by atoms with Gasteiger partial charge in [0, 0.05) is 11.1 Å². The highest BCUT2D eigenvalue weighted by Crippen LogP contribution is 2.24. The Kier molecular flexibility index (Phi) is 5.35. The maximum Gasteiger partial charge on any atom is 0.573 e. The molecule has 0 aliphatic carbocycles. The van der Waals surface area contributed by atoms with Crippen LogP contribution in [-0.4, -0.2) is 28.3 Å². The average Bonchev–Trinajstić information content (AvgIpc) is 3.01. The third-order valence-corrected chi connectivity index (χ3v) is 3.85. The van der Waals surface area contributed by atoms with E-state index in [-0.39, 0.29) is 22.5 Å². The normalized spacial score (nSPS) is 11.2. The van der Waals surface area contributed by atoms with Crippen molar-refractivity contribution in [3.8, 4) is 11.4 Å². The van der Waals surface area contributed by atoms with Gasteiger partial charge in [-0.3, -0.25) is 9.59 Å². The van der Waals surface area contributed by atoms with Crippen molar-refractivity contribution in [1.29, 1.82) is 0 Å². The van der Waals surface area contributed by atoms with Crippen LogP contribution in [-0.2, 0) is 0 Å². The van der Waals surface area contributed by atoms with Gasteiger partial charge in [0.05, 0.1) is 17.6 Å². The Morgan fingerprint density at radius 1 is 1.17 bits per heavy atom. The highest BCUT2D eigenvalue weighted by atomic mass is 19.4. The van der Waals surface area contributed by atoms with Crippen LogP contribution in [0.25, 0.3) is 5.69 Å². The van der Waals surface area contributed by atoms with Gasteiger partial charge in [0.1, 0.15) is 23.5 Å². The third kappa shape index (κ3) is 4.78. The number of aldehydes is 1. The molecule has 150 valence electrons. The van der Waals surface area contributed by atoms with Crippen LogP contribution >= 0.6 is 0 Å². The molecule has 0 radical (unpaired) electrons. The molecule has 1 N–H and O–H groups in total. The van der Waals surface area contributed by atoms with Crippen LogP contribution in [0.5, 0.6) is 5.75 Å². The smallest absolute Gasteiger partial charge is 0.406 e. The molecule has 29 heavy (non-hydrogen) atoms. The van der Waals surface area contributed by atoms with E-state index in [0.29, 0.717) is 12.0 Å². The van der Waals surface area contributed by atoms with Gasteiger partial charge in [0.2, 0.25) is 0 Å². The van der Waals surface area contributed by atoms with E-state index in [1.807, 2.05) is 0 Å². The van der Waals surface area contributed by atoms with Gasteiger partial charge in [0.15, 0.2) is 0 Å². The molecular formula is C19H13F4N3O3. The number of halogens is 4. The Bertz CT molecular complexity index is 1060. The van der Waals surface area contributed by atoms with E-state index in [1.165, 1.54) is 35.1 Å². The van der Waals surface area contributed by atoms with Crippen molar-refractivity contribution >= 4 is 17.9 Å². The van der Waals surface area contributed by atoms with Crippen molar-refractivity contribution in [2.24, 2.45) is 0 Å². The molecule has 6 nitrogen and oxygen atoms in total. The maximum atomic E-state index is 14.1. The first-order chi connectivity index (χ1) is 13.7. The fourth-order valence-electron chi connectivity index (χ4n) is 2.49. The van der Waals surface area contributed by atoms with Gasteiger partial charge >= 0.3 is 6.36 Å². The van der Waals surface area contributed by atoms with Gasteiger partial charge in [-0.15, -0.1) is 13.2 Å². The lowest BCUT2D eigenvalue weighted by Crippen LogP contribution is -2.17. The molecule has 0 saturated heterocycles. The number of ether oxygens (including phenoxy) is 1. The van der Waals surface area contributed by atoms with Crippen LogP contribution in [0.3, 0.4) is 0 Å². The van der Waals surface area contributed by atoms with E-state index >= 15 is 0 Å². The Balaban J connectivity index is 1.77. The van der Waals surface area contributed by atoms with E-state index in [1.54, 1.807) is 6.92 Å². The van der Waals surface area contributed by atoms with Crippen molar-refractivity contribution in [1.82, 2.24) is 9.78 Å². The zero-order chi connectivity index (χ0) is 21.2. The summed E-state index contributed by atoms with van der Waals surface area (Å²) < 4.78 is 55.7. The first-order valence-corrected chi connectivity index (χ1v) is 8.15. The quantitative estimate of drug-likeness (QED) is 0.506. The average molecular weight is 407 g/mol. The number of rotatable bonds is 5. The van der Waals surface area contributed by atoms with Gasteiger partial charge < -0.3 is 10.1 Å². The number of hydrogen-bond acceptors (Lipinski definition) is 4. The Labute approximate surface area is 161 Å². The van der Waals surface area contributed by atoms with E-state index in [0.717, 1.165) is 18.2 Å². The standard InChI is InChI=1S/C19H13F4N3O3/c1-11-16(9-26(25-11)17-7-2-12(10-27)8-15(17)20)24-18(28)13-3-5-14(6-4-13)29-19(21,22)23/h2-10H,1H3,(H,24,28). The zero-order valence-electron chi connectivity index (χ0n) is 14.8. The predicted molar refractivity (Wildman–Crippen MR) is 94.7 cm³/mol. The fourth-order valence-corrected chi connectivity index (χ4v) is 2.49. The van der Waals surface area contributed by atoms with Crippen LogP contribution in [0.15, 0.2) is 48.7 Å². The molecule has 0 saturated carbocycles. The van der Waals surface area contributed by atoms with Crippen LogP contribution in [0, 0.1) is 12.7 Å². The van der Waals surface area contributed by atoms with E-state index in [2.05, 4.69) is 15.2 Å². The predicted octanol–water partition coefficient (Wildman–Crippen LogP) is 4.28. The molecule has 3 rings (SSSR count). The summed E-state index contributed by atoms with van der Waals surface area (Å²) >= 11 is 0. The lowest BCUT2D eigenvalue weighted by Gasteiger charge is -2.09. The second-order valence-corrected chi connectivity index (χ2v) is 5.93. The molecule has 0 atom stereocenters. The molecule has 0 aliphatic rings. The van der Waals surface area contributed by atoms with Gasteiger partial charge in [-0.2, -0.15) is 5.10 Å². The second kappa shape index (κ2) is 7.74. The van der Waals surface area contributed by atoms with Gasteiger partial charge in [0.25, 0.3) is 5.91 Å². The minimum absolute atomic E-state index is 0.0767. The Morgan fingerprint density at radius 2 is 1.86 bits per heavy atom. The number of amides is 1. The Hall–Kier alpha value is -3.69. The fraction of sp³-hybridized carbons (Fsp3) is 0.105. The second-order valence-electron chi connectivity index (χ2n) is 5.93. The monoisotopic (exact) mass is 407 g/mol. The third-order valence-electron chi connectivity index (χ3n) is 3.85. The topological polar surface area (TPSA) is 73.2 Å². The SMILES string of the molecule is Cc1nn(-c2ccc(C=O)cc2F)cc1NC(=O)c1ccc(OC(F)(F)F)cc1. The number of hydrogen-bond donors (Lipinski definition) is 1. The first-order valence-electron chi connectivity index (χ1n) is 8.15. The minimum atomic E-state index is -4.82. The first kappa shape index (κ1) is 20.1. The molecule has 0 unspecified atom stereocenters. The summed E-state index contributed by atoms with van der Waals surface area (Å²) in [6.07, 6.45) is -2.93. The number of carbonyl (C=O) groups is 2. The number of anilines is 1. The molecule has 0 fully saturated rings. The highest BCUT2D eigenvalue weighted by Gasteiger charge is 2.31. The largest absolute Gasteiger partial charge is 0.573 e. The molecule has 2 aromatic carbocycles. The molecule has 3 aromatic rings. The lowest BCUT2D eigenvalue weighted by molar-refractivity contribution is -0.274. The van der Waals surface area contributed by atoms with Crippen molar-refractivity contribution in [2.45, 2.75) is 13.3 Å². The van der Waals surface area contributed by atoms with E-state index in [4.69, 9.17) is 0 Å². The van der Waals surface area contributed by atoms with Crippen LogP contribution < -0.4 is 10.1 Å². The van der Waals surface area contributed by atoms with E-state index < -0.39 is 23.8 Å². The number of aromatic nitrogens is 2. The van der Waals surface area contributed by atoms with Crippen LogP contribution in [0.2, 0.25) is 0 Å². The molecule has 1 aromatic heterocycles. The molecule has 0 aliphatic heterocycles. The van der Waals surface area contributed by atoms with Crippen LogP contribution in [0.1, 0.15) is 26.4 Å². The molecule has 1 heterocycles. The maximum absolute atomic E-state index is 14.1. The van der Waals surface area contributed by atoms with Crippen LogP contribution in [0.4, 0.5) is 23.2 Å². The molecule has 10 heteroatoms. The number of alkyl halides is 3. The van der Waals surface area contributed by atoms with Crippen molar-refractivity contribution in [3.05, 3.63) is 71.3 Å². The summed E-state index contributed by atoms with van der Waals surface area (Å²) in [5, 5.41) is 6.69. The van der Waals surface area contributed by atoms with Crippen molar-refractivity contribution in [2.75, 3.05) is 5.32 Å². The summed E-state index contributed by atoms with van der Waals surface area (Å²) in [5.74, 6) is -1.72. The minimum Gasteiger partial charge on any atom is -0.406 e. The zero-order valence-corrected chi connectivity index (χ0v) is 14.8. The van der Waals surface area contributed by atoms with Crippen molar-refractivity contribution < 1.29 is 31.9 Å². The summed E-state index contributed by atoms with van der Waals surface area (Å²) in [4.78, 5) is 23.0. The number of aryl methyl sites for hydroxylation is 1. The summed E-state index contributed by atoms with van der Waals surface area (Å²) in [7, 11) is 0. The number of nitrogens with one attached hydrogen (secondary N) is 1. The Morgan fingerprint density at radius 3 is 2.45 bits per heavy atom. The van der Waals surface area contributed by atoms with Gasteiger partial charge in [-0.05, 0) is 49.4 Å². The highest BCUT2D eigenvalue weighted by molar-refractivity contribution is 6.04. The van der Waals surface area contributed by atoms with Gasteiger partial charge in [-0.1, -0.05) is 0 Å². The molecule has 0 spiro atoms. The number of benzene rings is 2. The summed E-state index contributed by atoms with van der Waals surface area (Å²) in [6, 6.07) is 8.23. The number of carbonyl (C=O) groups excluding carboxylic acids is 2. The molecular weight excluding hydrogens is 394 g/mol. The lowest BCUT2D eigenvalue weighted by atomic mass is 10.2. The summed E-state index contributed by atoms with van der Waals surface area (Å²) in [5.41, 5.74) is 1.00. The molecule has 0 bridgehead atoms. The van der Waals surface area contributed by atoms with Gasteiger partial charge in [-0.25, -0.2) is 9.07 Å². The van der Waals surface area contributed by atoms with Crippen molar-refractivity contribution in [3.63, 3.8) is 0 Å². The number of nitrogens with zero attached hydrogens (tertiary/aromatic N) is 2. The van der Waals surface area contributed by atoms with E-state index in [9.17, 15) is 27.2 Å². The summed E-state index contributed by atoms with van der Waals surface area (Å²) in [6.45, 7) is 1.59.